The lowest BCUT2D eigenvalue weighted by Crippen LogP contribution is -2.27. The lowest BCUT2D eigenvalue weighted by atomic mass is 10.0. The molecule has 22 heavy (non-hydrogen) atoms. The van der Waals surface area contributed by atoms with Crippen LogP contribution < -0.4 is 5.32 Å². The summed E-state index contributed by atoms with van der Waals surface area (Å²) in [5.41, 5.74) is 3.81. The van der Waals surface area contributed by atoms with E-state index in [9.17, 15) is 9.18 Å². The average Bonchev–Trinajstić information content (AvgIpc) is 2.94. The molecule has 0 saturated carbocycles. The standard InChI is InChI=1S/C18H17ClFNO/c1-11(13-6-5-12-3-2-4-14(12)9-13)21-18(22)16-8-7-15(19)10-17(16)20/h5-11H,2-4H2,1H3,(H,21,22)/t11-/m0/s1. The van der Waals surface area contributed by atoms with Crippen LogP contribution in [0.4, 0.5) is 4.39 Å². The third kappa shape index (κ3) is 3.00. The fourth-order valence-electron chi connectivity index (χ4n) is 2.89. The van der Waals surface area contributed by atoms with Crippen LogP contribution in [0, 0.1) is 5.82 Å². The fraction of sp³-hybridized carbons (Fsp3) is 0.278. The van der Waals surface area contributed by atoms with Gasteiger partial charge in [-0.25, -0.2) is 4.39 Å². The molecule has 0 aromatic heterocycles. The molecule has 0 saturated heterocycles. The quantitative estimate of drug-likeness (QED) is 0.889. The van der Waals surface area contributed by atoms with Crippen molar-refractivity contribution in [1.29, 1.82) is 0 Å². The third-order valence-electron chi connectivity index (χ3n) is 4.15. The van der Waals surface area contributed by atoms with E-state index in [2.05, 4.69) is 17.4 Å². The van der Waals surface area contributed by atoms with Gasteiger partial charge in [0.15, 0.2) is 0 Å². The topological polar surface area (TPSA) is 29.1 Å². The van der Waals surface area contributed by atoms with Crippen LogP contribution in [-0.4, -0.2) is 5.91 Å². The maximum atomic E-state index is 13.8. The SMILES string of the molecule is C[C@H](NC(=O)c1ccc(Cl)cc1F)c1ccc2c(c1)CCC2. The van der Waals surface area contributed by atoms with Crippen molar-refractivity contribution in [2.45, 2.75) is 32.2 Å². The van der Waals surface area contributed by atoms with Gasteiger partial charge in [0.25, 0.3) is 5.91 Å². The second-order valence-corrected chi connectivity index (χ2v) is 6.14. The summed E-state index contributed by atoms with van der Waals surface area (Å²) in [5.74, 6) is -1.03. The predicted molar refractivity (Wildman–Crippen MR) is 85.8 cm³/mol. The first-order valence-corrected chi connectivity index (χ1v) is 7.80. The van der Waals surface area contributed by atoms with Gasteiger partial charge < -0.3 is 5.32 Å². The van der Waals surface area contributed by atoms with Gasteiger partial charge in [-0.15, -0.1) is 0 Å². The van der Waals surface area contributed by atoms with Crippen LogP contribution in [0.1, 0.15) is 46.4 Å². The smallest absolute Gasteiger partial charge is 0.254 e. The molecule has 0 bridgehead atoms. The molecule has 0 unspecified atom stereocenters. The lowest BCUT2D eigenvalue weighted by Gasteiger charge is -2.16. The van der Waals surface area contributed by atoms with Gasteiger partial charge in [-0.1, -0.05) is 29.8 Å². The number of benzene rings is 2. The van der Waals surface area contributed by atoms with E-state index in [-0.39, 0.29) is 16.6 Å². The molecule has 1 atom stereocenters. The number of hydrogen-bond acceptors (Lipinski definition) is 1. The number of carbonyl (C=O) groups excluding carboxylic acids is 1. The Hall–Kier alpha value is -1.87. The number of hydrogen-bond donors (Lipinski definition) is 1. The minimum Gasteiger partial charge on any atom is -0.345 e. The normalized spacial score (nSPS) is 14.5. The second kappa shape index (κ2) is 6.09. The maximum Gasteiger partial charge on any atom is 0.254 e. The summed E-state index contributed by atoms with van der Waals surface area (Å²) in [5, 5.41) is 3.12. The molecule has 2 aromatic rings. The summed E-state index contributed by atoms with van der Waals surface area (Å²) in [6, 6.07) is 10.2. The van der Waals surface area contributed by atoms with E-state index in [0.29, 0.717) is 0 Å². The van der Waals surface area contributed by atoms with E-state index in [1.54, 1.807) is 0 Å². The van der Waals surface area contributed by atoms with Crippen LogP contribution in [0.15, 0.2) is 36.4 Å². The molecule has 0 radical (unpaired) electrons. The lowest BCUT2D eigenvalue weighted by molar-refractivity contribution is 0.0936. The molecule has 2 aromatic carbocycles. The molecule has 1 aliphatic rings. The van der Waals surface area contributed by atoms with Gasteiger partial charge in [0.1, 0.15) is 5.82 Å². The molecule has 3 rings (SSSR count). The van der Waals surface area contributed by atoms with Crippen LogP contribution in [0.2, 0.25) is 5.02 Å². The summed E-state index contributed by atoms with van der Waals surface area (Å²) >= 11 is 5.71. The zero-order chi connectivity index (χ0) is 15.7. The monoisotopic (exact) mass is 317 g/mol. The van der Waals surface area contributed by atoms with Gasteiger partial charge in [0, 0.05) is 5.02 Å². The first-order valence-electron chi connectivity index (χ1n) is 7.42. The Morgan fingerprint density at radius 3 is 2.73 bits per heavy atom. The first kappa shape index (κ1) is 15.0. The van der Waals surface area contributed by atoms with Crippen LogP contribution in [0.3, 0.4) is 0 Å². The highest BCUT2D eigenvalue weighted by Gasteiger charge is 2.17. The molecular formula is C18H17ClFNO. The number of nitrogens with one attached hydrogen (secondary N) is 1. The van der Waals surface area contributed by atoms with Crippen molar-refractivity contribution >= 4 is 17.5 Å². The Bertz CT molecular complexity index is 729. The largest absolute Gasteiger partial charge is 0.345 e. The molecule has 1 aliphatic carbocycles. The predicted octanol–water partition coefficient (Wildman–Crippen LogP) is 4.46. The zero-order valence-corrected chi connectivity index (χ0v) is 13.1. The summed E-state index contributed by atoms with van der Waals surface area (Å²) in [7, 11) is 0. The van der Waals surface area contributed by atoms with E-state index in [1.165, 1.54) is 29.7 Å². The molecule has 1 N–H and O–H groups in total. The number of aryl methyl sites for hydroxylation is 2. The first-order chi connectivity index (χ1) is 10.5. The number of carbonyl (C=O) groups is 1. The van der Waals surface area contributed by atoms with Gasteiger partial charge in [-0.2, -0.15) is 0 Å². The van der Waals surface area contributed by atoms with Crippen molar-refractivity contribution in [2.24, 2.45) is 0 Å². The van der Waals surface area contributed by atoms with Crippen molar-refractivity contribution in [2.75, 3.05) is 0 Å². The number of amides is 1. The molecular weight excluding hydrogens is 301 g/mol. The highest BCUT2D eigenvalue weighted by molar-refractivity contribution is 6.30. The Morgan fingerprint density at radius 2 is 1.95 bits per heavy atom. The van der Waals surface area contributed by atoms with Crippen molar-refractivity contribution < 1.29 is 9.18 Å². The van der Waals surface area contributed by atoms with Gasteiger partial charge in [0.05, 0.1) is 11.6 Å². The van der Waals surface area contributed by atoms with Crippen LogP contribution >= 0.6 is 11.6 Å². The van der Waals surface area contributed by atoms with Crippen molar-refractivity contribution in [1.82, 2.24) is 5.32 Å². The van der Waals surface area contributed by atoms with Gasteiger partial charge in [0.2, 0.25) is 0 Å². The molecule has 0 spiro atoms. The van der Waals surface area contributed by atoms with E-state index in [1.807, 2.05) is 13.0 Å². The van der Waals surface area contributed by atoms with Crippen molar-refractivity contribution in [3.63, 3.8) is 0 Å². The maximum absolute atomic E-state index is 13.8. The zero-order valence-electron chi connectivity index (χ0n) is 12.3. The Morgan fingerprint density at radius 1 is 1.18 bits per heavy atom. The van der Waals surface area contributed by atoms with Crippen LogP contribution in [0.5, 0.6) is 0 Å². The number of rotatable bonds is 3. The second-order valence-electron chi connectivity index (χ2n) is 5.70. The average molecular weight is 318 g/mol. The van der Waals surface area contributed by atoms with Gasteiger partial charge in [-0.05, 0) is 61.1 Å². The minimum atomic E-state index is -0.605. The summed E-state index contributed by atoms with van der Waals surface area (Å²) in [6.45, 7) is 1.91. The minimum absolute atomic E-state index is 0.0115. The summed E-state index contributed by atoms with van der Waals surface area (Å²) in [6.07, 6.45) is 3.41. The Balaban J connectivity index is 1.76. The number of fused-ring (bicyclic) bond motifs is 1. The van der Waals surface area contributed by atoms with Crippen LogP contribution in [-0.2, 0) is 12.8 Å². The molecule has 4 heteroatoms. The van der Waals surface area contributed by atoms with E-state index in [4.69, 9.17) is 11.6 Å². The summed E-state index contributed by atoms with van der Waals surface area (Å²) < 4.78 is 13.8. The molecule has 2 nitrogen and oxygen atoms in total. The molecule has 0 heterocycles. The molecule has 0 fully saturated rings. The van der Waals surface area contributed by atoms with Gasteiger partial charge >= 0.3 is 0 Å². The Kier molecular flexibility index (Phi) is 4.16. The molecule has 1 amide bonds. The Labute approximate surface area is 134 Å². The number of halogens is 2. The highest BCUT2D eigenvalue weighted by Crippen LogP contribution is 2.25. The molecule has 114 valence electrons. The van der Waals surface area contributed by atoms with Crippen LogP contribution in [0.25, 0.3) is 0 Å². The van der Waals surface area contributed by atoms with E-state index >= 15 is 0 Å². The molecule has 0 aliphatic heterocycles. The summed E-state index contributed by atoms with van der Waals surface area (Å²) in [4.78, 5) is 12.2. The van der Waals surface area contributed by atoms with E-state index in [0.717, 1.165) is 24.5 Å². The highest BCUT2D eigenvalue weighted by atomic mass is 35.5. The van der Waals surface area contributed by atoms with Crippen molar-refractivity contribution in [3.05, 3.63) is 69.5 Å². The third-order valence-corrected chi connectivity index (χ3v) is 4.38. The van der Waals surface area contributed by atoms with Crippen molar-refractivity contribution in [3.8, 4) is 0 Å². The van der Waals surface area contributed by atoms with Gasteiger partial charge in [-0.3, -0.25) is 4.79 Å². The fourth-order valence-corrected chi connectivity index (χ4v) is 3.05. The van der Waals surface area contributed by atoms with E-state index < -0.39 is 11.7 Å².